The van der Waals surface area contributed by atoms with Crippen LogP contribution in [-0.4, -0.2) is 31.3 Å². The number of thiocarbonyl (C=S) groups is 1. The van der Waals surface area contributed by atoms with Gasteiger partial charge in [-0.1, -0.05) is 49.7 Å². The van der Waals surface area contributed by atoms with Crippen molar-refractivity contribution in [3.63, 3.8) is 0 Å². The highest BCUT2D eigenvalue weighted by atomic mass is 35.5. The summed E-state index contributed by atoms with van der Waals surface area (Å²) in [6.45, 7) is 2.53. The highest BCUT2D eigenvalue weighted by Gasteiger charge is 2.23. The molecule has 0 bridgehead atoms. The van der Waals surface area contributed by atoms with Crippen LogP contribution >= 0.6 is 23.8 Å². The molecule has 0 aliphatic carbocycles. The summed E-state index contributed by atoms with van der Waals surface area (Å²) in [5.41, 5.74) is 6.02. The van der Waals surface area contributed by atoms with Crippen molar-refractivity contribution in [2.45, 2.75) is 31.1 Å². The summed E-state index contributed by atoms with van der Waals surface area (Å²) in [7, 11) is -2.07. The van der Waals surface area contributed by atoms with Crippen LogP contribution in [0.25, 0.3) is 0 Å². The maximum Gasteiger partial charge on any atom is 0.244 e. The summed E-state index contributed by atoms with van der Waals surface area (Å²) in [5, 5.41) is 0.173. The van der Waals surface area contributed by atoms with E-state index in [0.717, 1.165) is 19.3 Å². The highest BCUT2D eigenvalue weighted by Crippen LogP contribution is 2.25. The molecule has 1 aromatic rings. The summed E-state index contributed by atoms with van der Waals surface area (Å²) in [5.74, 6) is 0. The van der Waals surface area contributed by atoms with Crippen LogP contribution in [0.1, 0.15) is 31.7 Å². The number of hydrogen-bond acceptors (Lipinski definition) is 3. The Kier molecular flexibility index (Phi) is 6.39. The van der Waals surface area contributed by atoms with Gasteiger partial charge in [-0.3, -0.25) is 0 Å². The van der Waals surface area contributed by atoms with Crippen LogP contribution in [-0.2, 0) is 10.0 Å². The van der Waals surface area contributed by atoms with Crippen LogP contribution in [0.4, 0.5) is 0 Å². The van der Waals surface area contributed by atoms with E-state index in [-0.39, 0.29) is 14.9 Å². The van der Waals surface area contributed by atoms with Crippen LogP contribution in [0.5, 0.6) is 0 Å². The number of rotatable bonds is 7. The molecule has 7 heteroatoms. The molecule has 0 aliphatic heterocycles. The van der Waals surface area contributed by atoms with Gasteiger partial charge in [-0.15, -0.1) is 0 Å². The second-order valence-corrected chi connectivity index (χ2v) is 7.40. The topological polar surface area (TPSA) is 63.4 Å². The molecule has 0 heterocycles. The van der Waals surface area contributed by atoms with Gasteiger partial charge in [0.25, 0.3) is 0 Å². The molecule has 0 unspecified atom stereocenters. The lowest BCUT2D eigenvalue weighted by atomic mass is 10.2. The third-order valence-corrected chi connectivity index (χ3v) is 5.55. The summed E-state index contributed by atoms with van der Waals surface area (Å²) >= 11 is 10.9. The number of benzene rings is 1. The monoisotopic (exact) mass is 334 g/mol. The maximum atomic E-state index is 12.5. The molecular formula is C13H19ClN2O2S2. The van der Waals surface area contributed by atoms with Gasteiger partial charge in [0.1, 0.15) is 9.88 Å². The number of hydrogen-bond donors (Lipinski definition) is 1. The lowest BCUT2D eigenvalue weighted by Crippen LogP contribution is -2.28. The first-order chi connectivity index (χ1) is 9.30. The second kappa shape index (κ2) is 7.36. The standard InChI is InChI=1S/C13H19ClN2O2S2/c1-3-4-5-8-16(2)20(17,18)12-9-10(13(15)19)6-7-11(12)14/h6-7,9H,3-5,8H2,1-2H3,(H2,15,19). The van der Waals surface area contributed by atoms with E-state index >= 15 is 0 Å². The SMILES string of the molecule is CCCCCN(C)S(=O)(=O)c1cc(C(N)=S)ccc1Cl. The Hall–Kier alpha value is -0.690. The van der Waals surface area contributed by atoms with Crippen molar-refractivity contribution in [1.29, 1.82) is 0 Å². The molecule has 4 nitrogen and oxygen atoms in total. The lowest BCUT2D eigenvalue weighted by molar-refractivity contribution is 0.454. The van der Waals surface area contributed by atoms with Crippen molar-refractivity contribution in [2.24, 2.45) is 5.73 Å². The molecule has 2 N–H and O–H groups in total. The summed E-state index contributed by atoms with van der Waals surface area (Å²) in [4.78, 5) is 0.190. The zero-order valence-corrected chi connectivity index (χ0v) is 14.0. The predicted molar refractivity (Wildman–Crippen MR) is 86.7 cm³/mol. The van der Waals surface area contributed by atoms with E-state index in [1.54, 1.807) is 13.1 Å². The normalized spacial score (nSPS) is 11.8. The van der Waals surface area contributed by atoms with Crippen molar-refractivity contribution in [3.8, 4) is 0 Å². The van der Waals surface area contributed by atoms with Gasteiger partial charge in [-0.25, -0.2) is 12.7 Å². The number of nitrogens with two attached hydrogens (primary N) is 1. The van der Waals surface area contributed by atoms with Gasteiger partial charge in [-0.05, 0) is 18.6 Å². The van der Waals surface area contributed by atoms with Crippen molar-refractivity contribution in [3.05, 3.63) is 28.8 Å². The number of halogens is 1. The predicted octanol–water partition coefficient (Wildman–Crippen LogP) is 2.78. The molecule has 0 fully saturated rings. The smallest absolute Gasteiger partial charge is 0.244 e. The Labute approximate surface area is 131 Å². The van der Waals surface area contributed by atoms with Gasteiger partial charge in [0.2, 0.25) is 10.0 Å². The van der Waals surface area contributed by atoms with E-state index in [1.807, 2.05) is 0 Å². The van der Waals surface area contributed by atoms with Crippen molar-refractivity contribution in [2.75, 3.05) is 13.6 Å². The first-order valence-corrected chi connectivity index (χ1v) is 8.59. The molecule has 112 valence electrons. The molecule has 0 amide bonds. The molecule has 0 aromatic heterocycles. The molecule has 0 spiro atoms. The fourth-order valence-electron chi connectivity index (χ4n) is 1.73. The maximum absolute atomic E-state index is 12.5. The van der Waals surface area contributed by atoms with Crippen LogP contribution in [0.3, 0.4) is 0 Å². The van der Waals surface area contributed by atoms with E-state index in [9.17, 15) is 8.42 Å². The minimum atomic E-state index is -3.62. The van der Waals surface area contributed by atoms with Gasteiger partial charge in [0.15, 0.2) is 0 Å². The zero-order valence-electron chi connectivity index (χ0n) is 11.6. The fraction of sp³-hybridized carbons (Fsp3) is 0.462. The van der Waals surface area contributed by atoms with Crippen LogP contribution in [0.15, 0.2) is 23.1 Å². The molecule has 20 heavy (non-hydrogen) atoms. The van der Waals surface area contributed by atoms with Crippen molar-refractivity contribution in [1.82, 2.24) is 4.31 Å². The third kappa shape index (κ3) is 4.15. The van der Waals surface area contributed by atoms with Crippen molar-refractivity contribution < 1.29 is 8.42 Å². The molecule has 1 rings (SSSR count). The molecule has 0 saturated heterocycles. The third-order valence-electron chi connectivity index (χ3n) is 2.98. The van der Waals surface area contributed by atoms with Gasteiger partial charge in [0.05, 0.1) is 5.02 Å². The number of unbranched alkanes of at least 4 members (excludes halogenated alkanes) is 2. The Balaban J connectivity index is 3.08. The second-order valence-electron chi connectivity index (χ2n) is 4.54. The molecule has 0 atom stereocenters. The van der Waals surface area contributed by atoms with Crippen LogP contribution in [0.2, 0.25) is 5.02 Å². The van der Waals surface area contributed by atoms with Gasteiger partial charge >= 0.3 is 0 Å². The Bertz CT molecular complexity index is 588. The van der Waals surface area contributed by atoms with Crippen molar-refractivity contribution >= 4 is 38.8 Å². The zero-order chi connectivity index (χ0) is 15.3. The minimum absolute atomic E-state index is 0.0449. The molecular weight excluding hydrogens is 316 g/mol. The van der Waals surface area contributed by atoms with Gasteiger partial charge in [0, 0.05) is 19.2 Å². The van der Waals surface area contributed by atoms with Gasteiger partial charge in [-0.2, -0.15) is 0 Å². The Morgan fingerprint density at radius 3 is 2.60 bits per heavy atom. The van der Waals surface area contributed by atoms with E-state index < -0.39 is 10.0 Å². The first-order valence-electron chi connectivity index (χ1n) is 6.36. The fourth-order valence-corrected chi connectivity index (χ4v) is 3.56. The molecule has 0 saturated carbocycles. The quantitative estimate of drug-likeness (QED) is 0.615. The van der Waals surface area contributed by atoms with E-state index in [4.69, 9.17) is 29.6 Å². The highest BCUT2D eigenvalue weighted by molar-refractivity contribution is 7.89. The summed E-state index contributed by atoms with van der Waals surface area (Å²) in [6, 6.07) is 4.54. The van der Waals surface area contributed by atoms with Gasteiger partial charge < -0.3 is 5.73 Å². The minimum Gasteiger partial charge on any atom is -0.389 e. The van der Waals surface area contributed by atoms with Crippen LogP contribution in [0, 0.1) is 0 Å². The Morgan fingerprint density at radius 2 is 2.05 bits per heavy atom. The summed E-state index contributed by atoms with van der Waals surface area (Å²) in [6.07, 6.45) is 2.84. The van der Waals surface area contributed by atoms with E-state index in [1.165, 1.54) is 16.4 Å². The van der Waals surface area contributed by atoms with E-state index in [2.05, 4.69) is 6.92 Å². The molecule has 0 aliphatic rings. The Morgan fingerprint density at radius 1 is 1.40 bits per heavy atom. The number of nitrogens with zero attached hydrogens (tertiary/aromatic N) is 1. The summed E-state index contributed by atoms with van der Waals surface area (Å²) < 4.78 is 26.3. The first kappa shape index (κ1) is 17.4. The molecule has 1 aromatic carbocycles. The average molecular weight is 335 g/mol. The van der Waals surface area contributed by atoms with E-state index in [0.29, 0.717) is 12.1 Å². The number of sulfonamides is 1. The van der Waals surface area contributed by atoms with Crippen LogP contribution < -0.4 is 5.73 Å². The average Bonchev–Trinajstić information content (AvgIpc) is 2.38. The lowest BCUT2D eigenvalue weighted by Gasteiger charge is -2.18. The molecule has 0 radical (unpaired) electrons. The largest absolute Gasteiger partial charge is 0.389 e.